The first kappa shape index (κ1) is 15.0. The maximum atomic E-state index is 11.0. The summed E-state index contributed by atoms with van der Waals surface area (Å²) in [6.45, 7) is 8.90. The summed E-state index contributed by atoms with van der Waals surface area (Å²) in [5.74, 6) is 2.30. The zero-order valence-corrected chi connectivity index (χ0v) is 12.9. The van der Waals surface area contributed by atoms with Gasteiger partial charge in [-0.3, -0.25) is 9.69 Å². The molecule has 1 aromatic rings. The van der Waals surface area contributed by atoms with Crippen molar-refractivity contribution in [3.05, 3.63) is 29.3 Å². The van der Waals surface area contributed by atoms with Gasteiger partial charge in [0.2, 0.25) is 0 Å². The van der Waals surface area contributed by atoms with E-state index in [0.717, 1.165) is 36.6 Å². The molecule has 0 spiro atoms. The molecule has 1 fully saturated rings. The molecule has 0 saturated carbocycles. The van der Waals surface area contributed by atoms with Crippen molar-refractivity contribution in [1.29, 1.82) is 0 Å². The van der Waals surface area contributed by atoms with Crippen LogP contribution in [0.1, 0.15) is 43.1 Å². The van der Waals surface area contributed by atoms with E-state index < -0.39 is 0 Å². The van der Waals surface area contributed by atoms with Gasteiger partial charge < -0.3 is 4.74 Å². The van der Waals surface area contributed by atoms with Gasteiger partial charge >= 0.3 is 0 Å². The molecule has 20 heavy (non-hydrogen) atoms. The van der Waals surface area contributed by atoms with Gasteiger partial charge in [-0.25, -0.2) is 0 Å². The van der Waals surface area contributed by atoms with E-state index in [1.54, 1.807) is 13.2 Å². The summed E-state index contributed by atoms with van der Waals surface area (Å²) in [5, 5.41) is 0. The van der Waals surface area contributed by atoms with E-state index in [-0.39, 0.29) is 0 Å². The van der Waals surface area contributed by atoms with E-state index in [2.05, 4.69) is 25.7 Å². The van der Waals surface area contributed by atoms with Gasteiger partial charge in [-0.05, 0) is 43.4 Å². The Morgan fingerprint density at radius 3 is 2.75 bits per heavy atom. The van der Waals surface area contributed by atoms with Crippen LogP contribution in [0.4, 0.5) is 0 Å². The predicted octanol–water partition coefficient (Wildman–Crippen LogP) is 3.37. The number of methoxy groups -OCH3 is 1. The normalized spacial score (nSPS) is 27.3. The molecule has 1 aliphatic rings. The van der Waals surface area contributed by atoms with E-state index in [9.17, 15) is 4.79 Å². The Hall–Kier alpha value is -1.35. The van der Waals surface area contributed by atoms with Crippen LogP contribution in [-0.4, -0.2) is 30.9 Å². The summed E-state index contributed by atoms with van der Waals surface area (Å²) in [4.78, 5) is 13.5. The second kappa shape index (κ2) is 6.40. The lowest BCUT2D eigenvalue weighted by atomic mass is 9.85. The molecule has 1 aliphatic heterocycles. The molecule has 1 saturated heterocycles. The fourth-order valence-electron chi connectivity index (χ4n) is 3.26. The highest BCUT2D eigenvalue weighted by Crippen LogP contribution is 2.30. The molecular formula is C17H25NO2. The van der Waals surface area contributed by atoms with Crippen LogP contribution in [0, 0.1) is 11.8 Å². The SMILES string of the molecule is COc1ccc(C=O)cc1CN1CC(C)CC(C)C1C. The monoisotopic (exact) mass is 275 g/mol. The van der Waals surface area contributed by atoms with Crippen molar-refractivity contribution in [3.8, 4) is 5.75 Å². The average Bonchev–Trinajstić information content (AvgIpc) is 2.44. The third-order valence-electron chi connectivity index (χ3n) is 4.53. The zero-order chi connectivity index (χ0) is 14.7. The van der Waals surface area contributed by atoms with Crippen LogP contribution in [0.15, 0.2) is 18.2 Å². The van der Waals surface area contributed by atoms with Crippen molar-refractivity contribution in [3.63, 3.8) is 0 Å². The number of piperidine rings is 1. The molecule has 0 aromatic heterocycles. The van der Waals surface area contributed by atoms with E-state index >= 15 is 0 Å². The summed E-state index contributed by atoms with van der Waals surface area (Å²) < 4.78 is 5.43. The number of likely N-dealkylation sites (tertiary alicyclic amines) is 1. The van der Waals surface area contributed by atoms with E-state index in [1.807, 2.05) is 12.1 Å². The number of carbonyl (C=O) groups is 1. The average molecular weight is 275 g/mol. The third kappa shape index (κ3) is 3.21. The first-order valence-corrected chi connectivity index (χ1v) is 7.41. The van der Waals surface area contributed by atoms with E-state index in [0.29, 0.717) is 17.5 Å². The molecule has 1 heterocycles. The van der Waals surface area contributed by atoms with Crippen molar-refractivity contribution in [2.45, 2.75) is 39.8 Å². The van der Waals surface area contributed by atoms with Crippen molar-refractivity contribution in [2.24, 2.45) is 11.8 Å². The predicted molar refractivity (Wildman–Crippen MR) is 81.2 cm³/mol. The van der Waals surface area contributed by atoms with Crippen LogP contribution in [-0.2, 0) is 6.54 Å². The highest BCUT2D eigenvalue weighted by Gasteiger charge is 2.29. The quantitative estimate of drug-likeness (QED) is 0.789. The highest BCUT2D eigenvalue weighted by atomic mass is 16.5. The molecule has 0 bridgehead atoms. The van der Waals surface area contributed by atoms with Crippen LogP contribution < -0.4 is 4.74 Å². The molecule has 0 aliphatic carbocycles. The second-order valence-electron chi connectivity index (χ2n) is 6.18. The van der Waals surface area contributed by atoms with Gasteiger partial charge in [-0.15, -0.1) is 0 Å². The molecule has 1 aromatic carbocycles. The van der Waals surface area contributed by atoms with E-state index in [1.165, 1.54) is 6.42 Å². The van der Waals surface area contributed by atoms with Crippen LogP contribution in [0.2, 0.25) is 0 Å². The van der Waals surface area contributed by atoms with Crippen LogP contribution >= 0.6 is 0 Å². The molecule has 3 nitrogen and oxygen atoms in total. The number of nitrogens with zero attached hydrogens (tertiary/aromatic N) is 1. The van der Waals surface area contributed by atoms with Gasteiger partial charge in [0.15, 0.2) is 0 Å². The second-order valence-corrected chi connectivity index (χ2v) is 6.18. The number of ether oxygens (including phenoxy) is 1. The minimum Gasteiger partial charge on any atom is -0.496 e. The van der Waals surface area contributed by atoms with Crippen molar-refractivity contribution >= 4 is 6.29 Å². The van der Waals surface area contributed by atoms with Gasteiger partial charge in [0.25, 0.3) is 0 Å². The maximum absolute atomic E-state index is 11.0. The Morgan fingerprint density at radius 1 is 1.35 bits per heavy atom. The summed E-state index contributed by atoms with van der Waals surface area (Å²) in [6.07, 6.45) is 2.19. The minimum atomic E-state index is 0.566. The first-order chi connectivity index (χ1) is 9.55. The molecule has 2 rings (SSSR count). The highest BCUT2D eigenvalue weighted by molar-refractivity contribution is 5.75. The van der Waals surface area contributed by atoms with Crippen LogP contribution in [0.3, 0.4) is 0 Å². The molecule has 3 atom stereocenters. The van der Waals surface area contributed by atoms with Crippen LogP contribution in [0.25, 0.3) is 0 Å². The zero-order valence-electron chi connectivity index (χ0n) is 12.9. The molecule has 0 amide bonds. The molecule has 110 valence electrons. The summed E-state index contributed by atoms with van der Waals surface area (Å²) >= 11 is 0. The maximum Gasteiger partial charge on any atom is 0.150 e. The Labute approximate surface area is 121 Å². The number of hydrogen-bond acceptors (Lipinski definition) is 3. The number of aldehydes is 1. The van der Waals surface area contributed by atoms with Gasteiger partial charge in [0.05, 0.1) is 7.11 Å². The lowest BCUT2D eigenvalue weighted by molar-refractivity contribution is 0.0722. The molecule has 0 N–H and O–H groups in total. The van der Waals surface area contributed by atoms with Crippen molar-refractivity contribution in [2.75, 3.05) is 13.7 Å². The Bertz CT molecular complexity index is 472. The smallest absolute Gasteiger partial charge is 0.150 e. The number of carbonyl (C=O) groups excluding carboxylic acids is 1. The lowest BCUT2D eigenvalue weighted by Crippen LogP contribution is -2.45. The molecule has 3 heteroatoms. The van der Waals surface area contributed by atoms with Gasteiger partial charge in [-0.2, -0.15) is 0 Å². The summed E-state index contributed by atoms with van der Waals surface area (Å²) in [7, 11) is 1.68. The Morgan fingerprint density at radius 2 is 2.10 bits per heavy atom. The van der Waals surface area contributed by atoms with Crippen LogP contribution in [0.5, 0.6) is 5.75 Å². The minimum absolute atomic E-state index is 0.566. The molecular weight excluding hydrogens is 250 g/mol. The van der Waals surface area contributed by atoms with Gasteiger partial charge in [0, 0.05) is 30.3 Å². The summed E-state index contributed by atoms with van der Waals surface area (Å²) in [6, 6.07) is 6.21. The number of hydrogen-bond donors (Lipinski definition) is 0. The van der Waals surface area contributed by atoms with Crippen molar-refractivity contribution < 1.29 is 9.53 Å². The third-order valence-corrected chi connectivity index (χ3v) is 4.53. The first-order valence-electron chi connectivity index (χ1n) is 7.41. The van der Waals surface area contributed by atoms with E-state index in [4.69, 9.17) is 4.74 Å². The van der Waals surface area contributed by atoms with Gasteiger partial charge in [-0.1, -0.05) is 13.8 Å². The molecule has 0 radical (unpaired) electrons. The summed E-state index contributed by atoms with van der Waals surface area (Å²) in [5.41, 5.74) is 1.82. The fraction of sp³-hybridized carbons (Fsp3) is 0.588. The lowest BCUT2D eigenvalue weighted by Gasteiger charge is -2.41. The Balaban J connectivity index is 2.21. The standard InChI is InChI=1S/C17H25NO2/c1-12-7-13(2)14(3)18(9-12)10-16-8-15(11-19)5-6-17(16)20-4/h5-6,8,11-14H,7,9-10H2,1-4H3. The largest absolute Gasteiger partial charge is 0.496 e. The van der Waals surface area contributed by atoms with Gasteiger partial charge in [0.1, 0.15) is 12.0 Å². The fourth-order valence-corrected chi connectivity index (χ4v) is 3.26. The number of benzene rings is 1. The Kier molecular flexibility index (Phi) is 4.81. The molecule has 3 unspecified atom stereocenters. The van der Waals surface area contributed by atoms with Crippen molar-refractivity contribution in [1.82, 2.24) is 4.90 Å². The topological polar surface area (TPSA) is 29.5 Å². The number of rotatable bonds is 4.